The van der Waals surface area contributed by atoms with Crippen LogP contribution in [0.5, 0.6) is 0 Å². The highest BCUT2D eigenvalue weighted by Crippen LogP contribution is 2.32. The van der Waals surface area contributed by atoms with Crippen molar-refractivity contribution in [1.29, 1.82) is 0 Å². The predicted molar refractivity (Wildman–Crippen MR) is 96.9 cm³/mol. The second kappa shape index (κ2) is 5.72. The summed E-state index contributed by atoms with van der Waals surface area (Å²) in [5.74, 6) is -0.379. The Morgan fingerprint density at radius 3 is 2.77 bits per heavy atom. The van der Waals surface area contributed by atoms with Crippen LogP contribution in [0.1, 0.15) is 28.4 Å². The third-order valence-corrected chi connectivity index (χ3v) is 4.77. The summed E-state index contributed by atoms with van der Waals surface area (Å²) in [6.07, 6.45) is 0.758. The molecule has 0 saturated carbocycles. The van der Waals surface area contributed by atoms with E-state index < -0.39 is 0 Å². The number of carbonyl (C=O) groups is 1. The summed E-state index contributed by atoms with van der Waals surface area (Å²) in [6.45, 7) is 4.10. The first-order valence-corrected chi connectivity index (χ1v) is 8.17. The molecular weight excluding hydrogens is 389 g/mol. The molecule has 0 saturated heterocycles. The Bertz CT molecular complexity index is 883. The highest BCUT2D eigenvalue weighted by molar-refractivity contribution is 14.1. The Labute approximate surface area is 142 Å². The number of nitrogens with two attached hydrogens (primary N) is 1. The number of aromatic amines is 1. The molecule has 0 bridgehead atoms. The number of hydrogen-bond donors (Lipinski definition) is 2. The summed E-state index contributed by atoms with van der Waals surface area (Å²) in [6, 6.07) is 9.99. The molecule has 0 aliphatic carbocycles. The molecule has 3 aromatic rings. The van der Waals surface area contributed by atoms with Crippen LogP contribution >= 0.6 is 22.6 Å². The molecule has 1 amide bonds. The van der Waals surface area contributed by atoms with Crippen molar-refractivity contribution in [2.45, 2.75) is 20.3 Å². The molecule has 3 N–H and O–H groups in total. The van der Waals surface area contributed by atoms with E-state index in [1.807, 2.05) is 19.1 Å². The zero-order valence-corrected chi connectivity index (χ0v) is 14.6. The Kier molecular flexibility index (Phi) is 3.90. The van der Waals surface area contributed by atoms with Gasteiger partial charge < -0.3 is 5.73 Å². The molecule has 0 atom stereocenters. The van der Waals surface area contributed by atoms with Crippen molar-refractivity contribution in [1.82, 2.24) is 10.2 Å². The highest BCUT2D eigenvalue weighted by Gasteiger charge is 2.16. The normalized spacial score (nSPS) is 11.0. The van der Waals surface area contributed by atoms with Gasteiger partial charge in [0.2, 0.25) is 5.91 Å². The van der Waals surface area contributed by atoms with Crippen molar-refractivity contribution >= 4 is 39.4 Å². The first-order valence-electron chi connectivity index (χ1n) is 7.09. The number of primary amides is 1. The largest absolute Gasteiger partial charge is 0.366 e. The fourth-order valence-corrected chi connectivity index (χ4v) is 3.50. The second-order valence-electron chi connectivity index (χ2n) is 5.28. The Morgan fingerprint density at radius 2 is 2.09 bits per heavy atom. The van der Waals surface area contributed by atoms with E-state index in [1.165, 1.54) is 0 Å². The molecule has 0 radical (unpaired) electrons. The van der Waals surface area contributed by atoms with Crippen LogP contribution < -0.4 is 5.73 Å². The van der Waals surface area contributed by atoms with Gasteiger partial charge in [-0.25, -0.2) is 0 Å². The summed E-state index contributed by atoms with van der Waals surface area (Å²) in [5.41, 5.74) is 11.4. The molecular formula is C17H16IN3O. The van der Waals surface area contributed by atoms with Crippen LogP contribution in [0.15, 0.2) is 30.3 Å². The van der Waals surface area contributed by atoms with Crippen molar-refractivity contribution in [2.24, 2.45) is 5.73 Å². The standard InChI is InChI=1S/C17H16IN3O/c1-3-11-12(17(19)22)6-4-9(2)15(11)10-5-7-13-14(8-10)20-21-16(13)18/h4-8H,3H2,1-2H3,(H2,19,22)(H,20,21). The smallest absolute Gasteiger partial charge is 0.248 e. The monoisotopic (exact) mass is 405 g/mol. The number of nitrogens with one attached hydrogen (secondary N) is 1. The average Bonchev–Trinajstić information content (AvgIpc) is 2.87. The third-order valence-electron chi connectivity index (χ3n) is 3.95. The van der Waals surface area contributed by atoms with Gasteiger partial charge in [0.25, 0.3) is 0 Å². The number of aryl methyl sites for hydroxylation is 1. The number of rotatable bonds is 3. The van der Waals surface area contributed by atoms with Crippen LogP contribution in [-0.2, 0) is 6.42 Å². The molecule has 3 rings (SSSR count). The number of H-pyrrole nitrogens is 1. The van der Waals surface area contributed by atoms with E-state index in [9.17, 15) is 4.79 Å². The second-order valence-corrected chi connectivity index (χ2v) is 6.30. The maximum atomic E-state index is 11.7. The van der Waals surface area contributed by atoms with E-state index in [2.05, 4.69) is 57.9 Å². The Hall–Kier alpha value is -1.89. The molecule has 112 valence electrons. The topological polar surface area (TPSA) is 71.8 Å². The number of halogens is 1. The van der Waals surface area contributed by atoms with Crippen molar-refractivity contribution in [3.8, 4) is 11.1 Å². The van der Waals surface area contributed by atoms with E-state index >= 15 is 0 Å². The van der Waals surface area contributed by atoms with Gasteiger partial charge in [-0.15, -0.1) is 0 Å². The highest BCUT2D eigenvalue weighted by atomic mass is 127. The minimum Gasteiger partial charge on any atom is -0.366 e. The van der Waals surface area contributed by atoms with Crippen molar-refractivity contribution in [3.05, 3.63) is 50.7 Å². The average molecular weight is 405 g/mol. The van der Waals surface area contributed by atoms with Crippen LogP contribution in [-0.4, -0.2) is 16.1 Å². The Morgan fingerprint density at radius 1 is 1.32 bits per heavy atom. The third kappa shape index (κ3) is 2.39. The number of amides is 1. The first-order chi connectivity index (χ1) is 10.5. The predicted octanol–water partition coefficient (Wildman–Crippen LogP) is 3.80. The lowest BCUT2D eigenvalue weighted by Crippen LogP contribution is -2.14. The quantitative estimate of drug-likeness (QED) is 0.651. The fourth-order valence-electron chi connectivity index (χ4n) is 2.91. The molecule has 22 heavy (non-hydrogen) atoms. The van der Waals surface area contributed by atoms with E-state index in [1.54, 1.807) is 0 Å². The van der Waals surface area contributed by atoms with Crippen LogP contribution in [0.2, 0.25) is 0 Å². The number of hydrogen-bond acceptors (Lipinski definition) is 2. The summed E-state index contributed by atoms with van der Waals surface area (Å²) >= 11 is 2.21. The van der Waals surface area contributed by atoms with Gasteiger partial charge >= 0.3 is 0 Å². The van der Waals surface area contributed by atoms with Gasteiger partial charge in [0.1, 0.15) is 3.70 Å². The van der Waals surface area contributed by atoms with Gasteiger partial charge in [0.05, 0.1) is 5.52 Å². The number of fused-ring (bicyclic) bond motifs is 1. The van der Waals surface area contributed by atoms with Crippen LogP contribution in [0.25, 0.3) is 22.0 Å². The van der Waals surface area contributed by atoms with Crippen molar-refractivity contribution in [3.63, 3.8) is 0 Å². The van der Waals surface area contributed by atoms with Crippen molar-refractivity contribution < 1.29 is 4.79 Å². The van der Waals surface area contributed by atoms with Gasteiger partial charge in [0, 0.05) is 10.9 Å². The molecule has 0 fully saturated rings. The number of aromatic nitrogens is 2. The minimum absolute atomic E-state index is 0.379. The van der Waals surface area contributed by atoms with Gasteiger partial charge in [-0.05, 0) is 76.4 Å². The molecule has 2 aromatic carbocycles. The fraction of sp³-hybridized carbons (Fsp3) is 0.176. The lowest BCUT2D eigenvalue weighted by Gasteiger charge is -2.15. The Balaban J connectivity index is 2.28. The lowest BCUT2D eigenvalue weighted by atomic mass is 9.89. The van der Waals surface area contributed by atoms with Gasteiger partial charge in [0.15, 0.2) is 0 Å². The lowest BCUT2D eigenvalue weighted by molar-refractivity contribution is 0.0999. The number of benzene rings is 2. The van der Waals surface area contributed by atoms with Gasteiger partial charge in [-0.2, -0.15) is 5.10 Å². The molecule has 0 unspecified atom stereocenters. The minimum atomic E-state index is -0.379. The molecule has 0 aliphatic heterocycles. The summed E-state index contributed by atoms with van der Waals surface area (Å²) < 4.78 is 0.956. The maximum Gasteiger partial charge on any atom is 0.248 e. The summed E-state index contributed by atoms with van der Waals surface area (Å²) in [7, 11) is 0. The molecule has 0 aliphatic rings. The number of nitrogens with zero attached hydrogens (tertiary/aromatic N) is 1. The van der Waals surface area contributed by atoms with Crippen molar-refractivity contribution in [2.75, 3.05) is 0 Å². The van der Waals surface area contributed by atoms with E-state index in [4.69, 9.17) is 5.73 Å². The van der Waals surface area contributed by atoms with E-state index in [0.717, 1.165) is 43.3 Å². The van der Waals surface area contributed by atoms with Crippen LogP contribution in [0.3, 0.4) is 0 Å². The maximum absolute atomic E-state index is 11.7. The molecule has 1 heterocycles. The number of carbonyl (C=O) groups excluding carboxylic acids is 1. The van der Waals surface area contributed by atoms with Gasteiger partial charge in [-0.3, -0.25) is 9.89 Å². The van der Waals surface area contributed by atoms with Crippen LogP contribution in [0, 0.1) is 10.6 Å². The van der Waals surface area contributed by atoms with E-state index in [0.29, 0.717) is 5.56 Å². The SMILES string of the molecule is CCc1c(C(N)=O)ccc(C)c1-c1ccc2c(I)n[nH]c2c1. The zero-order valence-electron chi connectivity index (χ0n) is 12.4. The molecule has 0 spiro atoms. The first kappa shape index (κ1) is 15.0. The van der Waals surface area contributed by atoms with Gasteiger partial charge in [-0.1, -0.05) is 19.1 Å². The van der Waals surface area contributed by atoms with Crippen LogP contribution in [0.4, 0.5) is 0 Å². The molecule has 5 heteroatoms. The van der Waals surface area contributed by atoms with E-state index in [-0.39, 0.29) is 5.91 Å². The summed E-state index contributed by atoms with van der Waals surface area (Å²) in [4.78, 5) is 11.7. The zero-order chi connectivity index (χ0) is 15.9. The molecule has 4 nitrogen and oxygen atoms in total. The summed E-state index contributed by atoms with van der Waals surface area (Å²) in [5, 5.41) is 8.37. The molecule has 1 aromatic heterocycles.